The van der Waals surface area contributed by atoms with Crippen molar-refractivity contribution in [3.8, 4) is 0 Å². The number of hydrogen-bond acceptors (Lipinski definition) is 3. The first-order valence-corrected chi connectivity index (χ1v) is 7.71. The molecule has 0 radical (unpaired) electrons. The fourth-order valence-corrected chi connectivity index (χ4v) is 2.99. The lowest BCUT2D eigenvalue weighted by atomic mass is 9.69. The Morgan fingerprint density at radius 2 is 2.10 bits per heavy atom. The molecule has 2 rings (SSSR count). The summed E-state index contributed by atoms with van der Waals surface area (Å²) in [5, 5.41) is 0. The maximum atomic E-state index is 12.0. The first kappa shape index (κ1) is 15.8. The van der Waals surface area contributed by atoms with Gasteiger partial charge >= 0.3 is 5.97 Å². The van der Waals surface area contributed by atoms with E-state index in [1.165, 1.54) is 0 Å². The minimum atomic E-state index is -0.494. The van der Waals surface area contributed by atoms with E-state index in [1.807, 2.05) is 30.3 Å². The van der Waals surface area contributed by atoms with Crippen LogP contribution in [0.25, 0.3) is 0 Å². The fraction of sp³-hybridized carbons (Fsp3) is 0.412. The number of carbonyl (C=O) groups excluding carboxylic acids is 2. The molecule has 0 N–H and O–H groups in total. The molecule has 0 saturated carbocycles. The van der Waals surface area contributed by atoms with Gasteiger partial charge in [-0.3, -0.25) is 9.59 Å². The van der Waals surface area contributed by atoms with Crippen molar-refractivity contribution in [2.75, 3.05) is 12.5 Å². The van der Waals surface area contributed by atoms with Crippen LogP contribution in [0.1, 0.15) is 42.1 Å². The third kappa shape index (κ3) is 3.35. The van der Waals surface area contributed by atoms with E-state index in [0.717, 1.165) is 18.4 Å². The number of esters is 1. The number of benzene rings is 1. The first-order valence-electron chi connectivity index (χ1n) is 7.17. The van der Waals surface area contributed by atoms with E-state index < -0.39 is 5.41 Å². The highest BCUT2D eigenvalue weighted by molar-refractivity contribution is 6.17. The molecule has 21 heavy (non-hydrogen) atoms. The quantitative estimate of drug-likeness (QED) is 0.595. The second-order valence-corrected chi connectivity index (χ2v) is 5.55. The van der Waals surface area contributed by atoms with Gasteiger partial charge < -0.3 is 4.74 Å². The van der Waals surface area contributed by atoms with Crippen molar-refractivity contribution >= 4 is 23.4 Å². The zero-order valence-electron chi connectivity index (χ0n) is 12.1. The molecule has 3 nitrogen and oxygen atoms in total. The highest BCUT2D eigenvalue weighted by atomic mass is 35.5. The van der Waals surface area contributed by atoms with Crippen molar-refractivity contribution < 1.29 is 14.3 Å². The first-order chi connectivity index (χ1) is 10.1. The van der Waals surface area contributed by atoms with E-state index in [-0.39, 0.29) is 18.2 Å². The van der Waals surface area contributed by atoms with Gasteiger partial charge in [-0.25, -0.2) is 0 Å². The van der Waals surface area contributed by atoms with Crippen molar-refractivity contribution in [2.45, 2.75) is 31.6 Å². The number of hydrogen-bond donors (Lipinski definition) is 0. The van der Waals surface area contributed by atoms with E-state index in [2.05, 4.69) is 0 Å². The van der Waals surface area contributed by atoms with Crippen molar-refractivity contribution in [3.05, 3.63) is 47.5 Å². The lowest BCUT2D eigenvalue weighted by molar-refractivity contribution is -0.144. The Kier molecular flexibility index (Phi) is 5.18. The van der Waals surface area contributed by atoms with Crippen molar-refractivity contribution in [2.24, 2.45) is 0 Å². The number of ketones is 1. The van der Waals surface area contributed by atoms with Gasteiger partial charge in [0.1, 0.15) is 0 Å². The Morgan fingerprint density at radius 3 is 2.81 bits per heavy atom. The molecule has 4 heteroatoms. The summed E-state index contributed by atoms with van der Waals surface area (Å²) < 4.78 is 5.10. The van der Waals surface area contributed by atoms with E-state index in [0.29, 0.717) is 18.1 Å². The van der Waals surface area contributed by atoms with Crippen LogP contribution in [0.4, 0.5) is 0 Å². The molecule has 112 valence electrons. The summed E-state index contributed by atoms with van der Waals surface area (Å²) in [5.41, 5.74) is 1.07. The molecule has 0 aliphatic heterocycles. The number of allylic oxidation sites excluding steroid dienone is 2. The van der Waals surface area contributed by atoms with Gasteiger partial charge in [0, 0.05) is 16.9 Å². The van der Waals surface area contributed by atoms with Crippen molar-refractivity contribution in [1.82, 2.24) is 0 Å². The number of rotatable bonds is 6. The zero-order valence-corrected chi connectivity index (χ0v) is 12.9. The molecule has 1 aromatic rings. The number of fused-ring (bicyclic) bond motifs is 1. The summed E-state index contributed by atoms with van der Waals surface area (Å²) in [7, 11) is 0. The highest BCUT2D eigenvalue weighted by Crippen LogP contribution is 2.40. The minimum absolute atomic E-state index is 0.0176. The summed E-state index contributed by atoms with van der Waals surface area (Å²) in [6.07, 6.45) is 5.14. The third-order valence-corrected chi connectivity index (χ3v) is 4.07. The summed E-state index contributed by atoms with van der Waals surface area (Å²) in [6, 6.07) is 7.46. The molecule has 0 spiro atoms. The molecule has 1 aromatic carbocycles. The summed E-state index contributed by atoms with van der Waals surface area (Å²) in [4.78, 5) is 24.0. The smallest absolute Gasteiger partial charge is 0.306 e. The van der Waals surface area contributed by atoms with Crippen LogP contribution in [-0.4, -0.2) is 24.2 Å². The van der Waals surface area contributed by atoms with Gasteiger partial charge in [0.15, 0.2) is 5.78 Å². The molecule has 1 atom stereocenters. The van der Waals surface area contributed by atoms with Crippen molar-refractivity contribution in [1.29, 1.82) is 0 Å². The number of halogens is 1. The number of alkyl halides is 1. The predicted octanol–water partition coefficient (Wildman–Crippen LogP) is 3.65. The van der Waals surface area contributed by atoms with Crippen LogP contribution in [0, 0.1) is 0 Å². The van der Waals surface area contributed by atoms with E-state index >= 15 is 0 Å². The Morgan fingerprint density at radius 1 is 1.33 bits per heavy atom. The normalized spacial score (nSPS) is 20.2. The molecule has 0 unspecified atom stereocenters. The molecule has 0 fully saturated rings. The largest absolute Gasteiger partial charge is 0.466 e. The van der Waals surface area contributed by atoms with Gasteiger partial charge in [0.05, 0.1) is 13.0 Å². The molecular formula is C17H19ClO3. The third-order valence-electron chi connectivity index (χ3n) is 3.80. The maximum Gasteiger partial charge on any atom is 0.306 e. The van der Waals surface area contributed by atoms with Crippen LogP contribution in [0.15, 0.2) is 36.4 Å². The van der Waals surface area contributed by atoms with Crippen LogP contribution in [-0.2, 0) is 14.9 Å². The lowest BCUT2D eigenvalue weighted by Crippen LogP contribution is -2.33. The summed E-state index contributed by atoms with van der Waals surface area (Å²) in [6.45, 7) is 2.15. The SMILES string of the molecule is CCOC(=O)C[C@]1(CCCCl)C=CC(=O)c2ccccc21. The molecule has 1 aliphatic rings. The van der Waals surface area contributed by atoms with Gasteiger partial charge in [-0.15, -0.1) is 11.6 Å². The monoisotopic (exact) mass is 306 g/mol. The highest BCUT2D eigenvalue weighted by Gasteiger charge is 2.37. The fourth-order valence-electron chi connectivity index (χ4n) is 2.86. The van der Waals surface area contributed by atoms with Crippen LogP contribution in [0.5, 0.6) is 0 Å². The van der Waals surface area contributed by atoms with Crippen LogP contribution < -0.4 is 0 Å². The topological polar surface area (TPSA) is 43.4 Å². The second-order valence-electron chi connectivity index (χ2n) is 5.17. The molecule has 0 saturated heterocycles. The van der Waals surface area contributed by atoms with Crippen LogP contribution in [0.3, 0.4) is 0 Å². The molecule has 0 aromatic heterocycles. The van der Waals surface area contributed by atoms with Gasteiger partial charge in [-0.05, 0) is 31.4 Å². The average molecular weight is 307 g/mol. The Balaban J connectivity index is 2.42. The van der Waals surface area contributed by atoms with E-state index in [9.17, 15) is 9.59 Å². The molecule has 1 aliphatic carbocycles. The molecule has 0 heterocycles. The zero-order chi connectivity index (χ0) is 15.3. The van der Waals surface area contributed by atoms with Gasteiger partial charge in [0.25, 0.3) is 0 Å². The minimum Gasteiger partial charge on any atom is -0.466 e. The maximum absolute atomic E-state index is 12.0. The summed E-state index contributed by atoms with van der Waals surface area (Å²) in [5.74, 6) is 0.256. The number of carbonyl (C=O) groups is 2. The van der Waals surface area contributed by atoms with E-state index in [1.54, 1.807) is 13.0 Å². The predicted molar refractivity (Wildman–Crippen MR) is 82.8 cm³/mol. The Labute approximate surface area is 129 Å². The lowest BCUT2D eigenvalue weighted by Gasteiger charge is -2.34. The van der Waals surface area contributed by atoms with Crippen LogP contribution in [0.2, 0.25) is 0 Å². The Hall–Kier alpha value is -1.61. The standard InChI is InChI=1S/C17H19ClO3/c1-2-21-16(20)12-17(9-5-11-18)10-8-15(19)13-6-3-4-7-14(13)17/h3-4,6-8,10H,2,5,9,11-12H2,1H3/t17-/m0/s1. The Bertz CT molecular complexity index is 565. The number of ether oxygens (including phenoxy) is 1. The average Bonchev–Trinajstić information content (AvgIpc) is 2.49. The summed E-state index contributed by atoms with van der Waals surface area (Å²) >= 11 is 5.83. The molecule has 0 bridgehead atoms. The van der Waals surface area contributed by atoms with Crippen LogP contribution >= 0.6 is 11.6 Å². The van der Waals surface area contributed by atoms with Gasteiger partial charge in [-0.2, -0.15) is 0 Å². The molecule has 0 amide bonds. The van der Waals surface area contributed by atoms with Gasteiger partial charge in [-0.1, -0.05) is 30.3 Å². The van der Waals surface area contributed by atoms with Gasteiger partial charge in [0.2, 0.25) is 0 Å². The van der Waals surface area contributed by atoms with Crippen molar-refractivity contribution in [3.63, 3.8) is 0 Å². The molecular weight excluding hydrogens is 288 g/mol. The second kappa shape index (κ2) is 6.90. The van der Waals surface area contributed by atoms with E-state index in [4.69, 9.17) is 16.3 Å².